The lowest BCUT2D eigenvalue weighted by Gasteiger charge is -1.49. The first kappa shape index (κ1) is 89.2. The molecule has 0 saturated heterocycles. The van der Waals surface area contributed by atoms with Crippen molar-refractivity contribution in [3.8, 4) is 0 Å². The van der Waals surface area contributed by atoms with Crippen LogP contribution in [0.1, 0.15) is 72.3 Å². The van der Waals surface area contributed by atoms with E-state index in [2.05, 4.69) is 26.3 Å². The second-order valence-electron chi connectivity index (χ2n) is 1.33. The first-order valence-corrected chi connectivity index (χ1v) is 3.98. The summed E-state index contributed by atoms with van der Waals surface area (Å²) < 4.78 is 0. The summed E-state index contributed by atoms with van der Waals surface area (Å²) in [5.74, 6) is 0. The quantitative estimate of drug-likeness (QED) is 0.384. The lowest BCUT2D eigenvalue weighted by molar-refractivity contribution is 1.64. The summed E-state index contributed by atoms with van der Waals surface area (Å²) in [4.78, 5) is 0. The third kappa shape index (κ3) is 3160. The van der Waals surface area contributed by atoms with Gasteiger partial charge >= 0.3 is 0 Å². The zero-order chi connectivity index (χ0) is 10.8. The van der Waals surface area contributed by atoms with Crippen LogP contribution in [0, 0.1) is 0 Å². The van der Waals surface area contributed by atoms with Gasteiger partial charge in [0.2, 0.25) is 0 Å². The van der Waals surface area contributed by atoms with Crippen LogP contribution >= 0.6 is 0 Å². The molecule has 0 fully saturated rings. The first-order valence-electron chi connectivity index (χ1n) is 3.98. The molecule has 0 heteroatoms. The van der Waals surface area contributed by atoms with Crippen molar-refractivity contribution in [3.63, 3.8) is 0 Å². The summed E-state index contributed by atoms with van der Waals surface area (Å²) in [5, 5.41) is 0. The maximum absolute atomic E-state index is 3.00. The lowest BCUT2D eigenvalue weighted by Crippen LogP contribution is -1.26. The molecule has 120 valence electrons. The van der Waals surface area contributed by atoms with E-state index in [9.17, 15) is 0 Å². The van der Waals surface area contributed by atoms with Gasteiger partial charge in [-0.25, -0.2) is 0 Å². The highest BCUT2D eigenvalue weighted by atomic mass is 13.4. The van der Waals surface area contributed by atoms with Crippen LogP contribution in [-0.4, -0.2) is 0 Å². The Morgan fingerprint density at radius 3 is 0.444 bits per heavy atom. The molecular weight excluding hydrogens is 216 g/mol. The zero-order valence-corrected chi connectivity index (χ0v) is 9.14. The van der Waals surface area contributed by atoms with Gasteiger partial charge in [0.1, 0.15) is 0 Å². The highest BCUT2D eigenvalue weighted by Crippen LogP contribution is 1.57. The number of hydrogen-bond donors (Lipinski definition) is 0. The van der Waals surface area contributed by atoms with Gasteiger partial charge in [0.25, 0.3) is 0 Å². The third-order valence-electron chi connectivity index (χ3n) is 0.667. The summed E-state index contributed by atoms with van der Waals surface area (Å²) in [7, 11) is 0. The fourth-order valence-corrected chi connectivity index (χ4v) is 0. The Kier molecular flexibility index (Phi) is 2020. The minimum absolute atomic E-state index is 0. The molecule has 0 bridgehead atoms. The van der Waals surface area contributed by atoms with E-state index < -0.39 is 0 Å². The van der Waals surface area contributed by atoms with Crippen LogP contribution in [-0.2, 0) is 0 Å². The van der Waals surface area contributed by atoms with Gasteiger partial charge in [-0.1, -0.05) is 68.9 Å². The number of allylic oxidation sites excluding steroid dienone is 4. The highest BCUT2D eigenvalue weighted by molar-refractivity contribution is 4.68. The van der Waals surface area contributed by atoms with Crippen LogP contribution in [0.25, 0.3) is 0 Å². The van der Waals surface area contributed by atoms with Crippen molar-refractivity contribution >= 4 is 0 Å². The van der Waals surface area contributed by atoms with E-state index in [-0.39, 0.29) is 44.6 Å². The molecule has 0 radical (unpaired) electrons. The molecule has 0 amide bonds. The molecule has 0 aromatic heterocycles. The molecule has 0 rings (SSSR count). The normalized spacial score (nSPS) is 4.67. The first-order chi connectivity index (χ1) is 5.83. The molecule has 0 heterocycles. The Morgan fingerprint density at radius 2 is 0.444 bits per heavy atom. The maximum Gasteiger partial charge on any atom is -0.0470 e. The fraction of sp³-hybridized carbons (Fsp3) is 0.556. The topological polar surface area (TPSA) is 0 Å². The molecule has 0 nitrogen and oxygen atoms in total. The van der Waals surface area contributed by atoms with Gasteiger partial charge in [-0.05, 0) is 27.7 Å². The summed E-state index contributed by atoms with van der Waals surface area (Å²) in [5.41, 5.74) is 0. The average Bonchev–Trinajstić information content (AvgIpc) is 2.23. The van der Waals surface area contributed by atoms with Crippen LogP contribution in [0.4, 0.5) is 0 Å². The molecule has 0 atom stereocenters. The molecule has 0 N–H and O–H groups in total. The van der Waals surface area contributed by atoms with Crippen LogP contribution < -0.4 is 0 Å². The Hall–Kier alpha value is -1.04. The number of hydrogen-bond acceptors (Lipinski definition) is 0. The molecule has 0 aliphatic heterocycles. The molecule has 0 aliphatic rings. The molecule has 0 spiro atoms. The average molecular weight is 265 g/mol. The van der Waals surface area contributed by atoms with Crippen molar-refractivity contribution in [2.75, 3.05) is 0 Å². The van der Waals surface area contributed by atoms with Crippen molar-refractivity contribution < 1.29 is 0 Å². The second kappa shape index (κ2) is 408. The Labute approximate surface area is 123 Å². The van der Waals surface area contributed by atoms with Gasteiger partial charge in [-0.15, -0.1) is 26.3 Å². The SMILES string of the molecule is C.C.C.C.C.C.C/C=C/C.C/C=C\C.C=C.C=C. The molecule has 0 aliphatic carbocycles. The monoisotopic (exact) mass is 264 g/mol. The van der Waals surface area contributed by atoms with E-state index in [0.717, 1.165) is 0 Å². The molecule has 0 aromatic rings. The standard InChI is InChI=1S/2C4H8.2C2H4.6CH4/c2*1-3-4-2;2*1-2;;;;;;/h2*3-4H,1-2H3;2*1-2H2;6*1H4/b4-3+;4-3-;;;;;;;;. The maximum atomic E-state index is 3.00. The fourth-order valence-electron chi connectivity index (χ4n) is 0. The minimum atomic E-state index is 0. The Balaban J connectivity index is -0.00000000554. The van der Waals surface area contributed by atoms with Gasteiger partial charge in [0.05, 0.1) is 0 Å². The largest absolute Gasteiger partial charge is 0.106 e. The summed E-state index contributed by atoms with van der Waals surface area (Å²) in [6, 6.07) is 0. The van der Waals surface area contributed by atoms with E-state index in [0.29, 0.717) is 0 Å². The molecule has 18 heavy (non-hydrogen) atoms. The van der Waals surface area contributed by atoms with Crippen molar-refractivity contribution in [1.29, 1.82) is 0 Å². The van der Waals surface area contributed by atoms with Crippen molar-refractivity contribution in [2.24, 2.45) is 0 Å². The van der Waals surface area contributed by atoms with Crippen molar-refractivity contribution in [1.82, 2.24) is 0 Å². The van der Waals surface area contributed by atoms with Crippen LogP contribution in [0.3, 0.4) is 0 Å². The highest BCUT2D eigenvalue weighted by Gasteiger charge is 1.34. The van der Waals surface area contributed by atoms with E-state index in [1.54, 1.807) is 0 Å². The summed E-state index contributed by atoms with van der Waals surface area (Å²) >= 11 is 0. The van der Waals surface area contributed by atoms with Gasteiger partial charge in [-0.3, -0.25) is 0 Å². The minimum Gasteiger partial charge on any atom is -0.106 e. The van der Waals surface area contributed by atoms with E-state index in [1.807, 2.05) is 52.0 Å². The Morgan fingerprint density at radius 1 is 0.389 bits per heavy atom. The predicted octanol–water partition coefficient (Wildman–Crippen LogP) is 8.59. The van der Waals surface area contributed by atoms with Gasteiger partial charge in [-0.2, -0.15) is 0 Å². The Bertz CT molecular complexity index is 58.0. The van der Waals surface area contributed by atoms with Crippen LogP contribution in [0.2, 0.25) is 0 Å². The van der Waals surface area contributed by atoms with E-state index in [1.165, 1.54) is 0 Å². The third-order valence-corrected chi connectivity index (χ3v) is 0.667. The molecule has 0 unspecified atom stereocenters. The van der Waals surface area contributed by atoms with Gasteiger partial charge in [0, 0.05) is 0 Å². The van der Waals surface area contributed by atoms with Gasteiger partial charge in [0.15, 0.2) is 0 Å². The predicted molar refractivity (Wildman–Crippen MR) is 104 cm³/mol. The number of rotatable bonds is 0. The zero-order valence-electron chi connectivity index (χ0n) is 9.14. The molecule has 0 saturated carbocycles. The van der Waals surface area contributed by atoms with Crippen molar-refractivity contribution in [3.05, 3.63) is 50.6 Å². The van der Waals surface area contributed by atoms with E-state index >= 15 is 0 Å². The van der Waals surface area contributed by atoms with Gasteiger partial charge < -0.3 is 0 Å². The molecule has 0 aromatic carbocycles. The van der Waals surface area contributed by atoms with Crippen molar-refractivity contribution in [2.45, 2.75) is 72.3 Å². The van der Waals surface area contributed by atoms with Crippen LogP contribution in [0.5, 0.6) is 0 Å². The lowest BCUT2D eigenvalue weighted by atomic mass is 10.6. The summed E-state index contributed by atoms with van der Waals surface area (Å²) in [6.45, 7) is 20.0. The van der Waals surface area contributed by atoms with E-state index in [4.69, 9.17) is 0 Å². The second-order valence-corrected chi connectivity index (χ2v) is 1.33. The summed E-state index contributed by atoms with van der Waals surface area (Å²) in [6.07, 6.45) is 8.00. The smallest absolute Gasteiger partial charge is 0.0470 e. The molecular formula is C18H48. The van der Waals surface area contributed by atoms with Crippen LogP contribution in [0.15, 0.2) is 50.6 Å².